The fourth-order valence-electron chi connectivity index (χ4n) is 2.88. The van der Waals surface area contributed by atoms with Crippen molar-refractivity contribution in [2.24, 2.45) is 0 Å². The molecule has 0 saturated heterocycles. The van der Waals surface area contributed by atoms with Crippen LogP contribution in [-0.2, 0) is 17.2 Å². The Balaban J connectivity index is 2.00. The maximum absolute atomic E-state index is 3.64. The van der Waals surface area contributed by atoms with Crippen LogP contribution in [0.2, 0.25) is 0 Å². The van der Waals surface area contributed by atoms with Crippen LogP contribution in [0.15, 0.2) is 79.4 Å². The molecular formula is C23H23Br2S+. The van der Waals surface area contributed by atoms with E-state index in [0.717, 1.165) is 8.95 Å². The molecule has 134 valence electrons. The summed E-state index contributed by atoms with van der Waals surface area (Å²) in [5, 5.41) is 0. The minimum Gasteiger partial charge on any atom is -0.0576 e. The molecule has 3 aromatic rings. The van der Waals surface area contributed by atoms with Crippen molar-refractivity contribution < 1.29 is 0 Å². The van der Waals surface area contributed by atoms with Gasteiger partial charge in [-0.2, -0.15) is 0 Å². The first-order chi connectivity index (χ1) is 12.2. The van der Waals surface area contributed by atoms with Gasteiger partial charge >= 0.3 is 0 Å². The third-order valence-corrected chi connectivity index (χ3v) is 6.60. The summed E-state index contributed by atoms with van der Waals surface area (Å²) in [6.07, 6.45) is 0. The average Bonchev–Trinajstić information content (AvgIpc) is 2.58. The number of thiol groups is 1. The Morgan fingerprint density at radius 3 is 1.92 bits per heavy atom. The number of halogens is 2. The summed E-state index contributed by atoms with van der Waals surface area (Å²) in [5.74, 6) is 0. The molecule has 0 nitrogen and oxygen atoms in total. The zero-order valence-corrected chi connectivity index (χ0v) is 19.5. The minimum absolute atomic E-state index is 0.186. The summed E-state index contributed by atoms with van der Waals surface area (Å²) in [6, 6.07) is 22.1. The zero-order valence-electron chi connectivity index (χ0n) is 15.5. The van der Waals surface area contributed by atoms with Crippen molar-refractivity contribution >= 4 is 43.6 Å². The van der Waals surface area contributed by atoms with Crippen molar-refractivity contribution in [2.45, 2.75) is 42.9 Å². The molecule has 0 aliphatic rings. The number of rotatable bonds is 3. The second-order valence-electron chi connectivity index (χ2n) is 7.53. The van der Waals surface area contributed by atoms with Gasteiger partial charge in [-0.3, -0.25) is 0 Å². The highest BCUT2D eigenvalue weighted by atomic mass is 79.9. The van der Waals surface area contributed by atoms with Crippen molar-refractivity contribution in [1.29, 1.82) is 0 Å². The fraction of sp³-hybridized carbons (Fsp3) is 0.217. The molecule has 0 fully saturated rings. The topological polar surface area (TPSA) is 0 Å². The third kappa shape index (κ3) is 4.62. The first-order valence-electron chi connectivity index (χ1n) is 8.62. The van der Waals surface area contributed by atoms with Crippen molar-refractivity contribution in [3.8, 4) is 11.1 Å². The van der Waals surface area contributed by atoms with Crippen LogP contribution < -0.4 is 0 Å². The third-order valence-electron chi connectivity index (χ3n) is 4.43. The van der Waals surface area contributed by atoms with E-state index in [1.807, 2.05) is 0 Å². The SMILES string of the molecule is Cc1ccc(Br)cc1-c1cc(Br)ccc1[SH+]c1ccc(C(C)(C)C)cc1. The normalized spacial score (nSPS) is 11.6. The smallest absolute Gasteiger partial charge is 0.0576 e. The van der Waals surface area contributed by atoms with E-state index in [9.17, 15) is 0 Å². The number of hydrogen-bond donors (Lipinski definition) is 0. The van der Waals surface area contributed by atoms with Gasteiger partial charge in [0.1, 0.15) is 0 Å². The largest absolute Gasteiger partial charge is 0.166 e. The van der Waals surface area contributed by atoms with E-state index in [1.54, 1.807) is 0 Å². The second-order valence-corrected chi connectivity index (χ2v) is 10.6. The highest BCUT2D eigenvalue weighted by molar-refractivity contribution is 9.10. The lowest BCUT2D eigenvalue weighted by Crippen LogP contribution is -2.10. The molecule has 3 aromatic carbocycles. The Bertz CT molecular complexity index is 922. The quantitative estimate of drug-likeness (QED) is 0.260. The van der Waals surface area contributed by atoms with E-state index in [1.165, 1.54) is 43.8 Å². The lowest BCUT2D eigenvalue weighted by molar-refractivity contribution is 0.590. The molecule has 3 heteroatoms. The highest BCUT2D eigenvalue weighted by Crippen LogP contribution is 2.34. The predicted molar refractivity (Wildman–Crippen MR) is 122 cm³/mol. The molecule has 0 atom stereocenters. The van der Waals surface area contributed by atoms with Crippen molar-refractivity contribution in [3.05, 3.63) is 80.7 Å². The summed E-state index contributed by atoms with van der Waals surface area (Å²) >= 11 is 8.48. The molecule has 0 spiro atoms. The van der Waals surface area contributed by atoms with Crippen LogP contribution in [0.5, 0.6) is 0 Å². The monoisotopic (exact) mass is 489 g/mol. The first-order valence-corrected chi connectivity index (χ1v) is 11.1. The van der Waals surface area contributed by atoms with Crippen LogP contribution in [0, 0.1) is 6.92 Å². The molecule has 0 bridgehead atoms. The molecule has 0 N–H and O–H groups in total. The average molecular weight is 491 g/mol. The second kappa shape index (κ2) is 7.92. The molecule has 3 rings (SSSR count). The van der Waals surface area contributed by atoms with Gasteiger partial charge in [0.2, 0.25) is 0 Å². The lowest BCUT2D eigenvalue weighted by atomic mass is 9.87. The number of aryl methyl sites for hydroxylation is 1. The Morgan fingerprint density at radius 2 is 1.31 bits per heavy atom. The van der Waals surface area contributed by atoms with Crippen molar-refractivity contribution in [2.75, 3.05) is 0 Å². The van der Waals surface area contributed by atoms with E-state index < -0.39 is 0 Å². The van der Waals surface area contributed by atoms with Crippen LogP contribution in [0.25, 0.3) is 11.1 Å². The molecule has 0 unspecified atom stereocenters. The minimum atomic E-state index is 0.186. The number of hydrogen-bond acceptors (Lipinski definition) is 0. The van der Waals surface area contributed by atoms with E-state index >= 15 is 0 Å². The van der Waals surface area contributed by atoms with Crippen LogP contribution in [0.1, 0.15) is 31.9 Å². The van der Waals surface area contributed by atoms with Crippen molar-refractivity contribution in [1.82, 2.24) is 0 Å². The van der Waals surface area contributed by atoms with Gasteiger partial charge < -0.3 is 0 Å². The fourth-order valence-corrected chi connectivity index (χ4v) is 4.63. The van der Waals surface area contributed by atoms with Gasteiger partial charge in [0.25, 0.3) is 0 Å². The first kappa shape index (κ1) is 19.7. The summed E-state index contributed by atoms with van der Waals surface area (Å²) < 4.78 is 2.21. The Morgan fingerprint density at radius 1 is 0.731 bits per heavy atom. The van der Waals surface area contributed by atoms with E-state index in [4.69, 9.17) is 0 Å². The Labute approximate surface area is 177 Å². The molecular weight excluding hydrogens is 468 g/mol. The van der Waals surface area contributed by atoms with Gasteiger partial charge in [-0.1, -0.05) is 70.8 Å². The maximum Gasteiger partial charge on any atom is 0.166 e. The summed E-state index contributed by atoms with van der Waals surface area (Å²) in [7, 11) is 0. The van der Waals surface area contributed by atoms with Crippen LogP contribution in [0.3, 0.4) is 0 Å². The van der Waals surface area contributed by atoms with E-state index in [0.29, 0.717) is 0 Å². The summed E-state index contributed by atoms with van der Waals surface area (Å²) in [4.78, 5) is 2.63. The summed E-state index contributed by atoms with van der Waals surface area (Å²) in [5.41, 5.74) is 5.39. The highest BCUT2D eigenvalue weighted by Gasteiger charge is 2.18. The van der Waals surface area contributed by atoms with Gasteiger partial charge in [-0.15, -0.1) is 0 Å². The zero-order chi connectivity index (χ0) is 18.9. The summed E-state index contributed by atoms with van der Waals surface area (Å²) in [6.45, 7) is 8.93. The predicted octanol–water partition coefficient (Wildman–Crippen LogP) is 7.72. The molecule has 26 heavy (non-hydrogen) atoms. The maximum atomic E-state index is 3.64. The van der Waals surface area contributed by atoms with Crippen LogP contribution in [0.4, 0.5) is 0 Å². The molecule has 0 amide bonds. The molecule has 0 aliphatic heterocycles. The van der Waals surface area contributed by atoms with E-state index in [-0.39, 0.29) is 5.41 Å². The number of benzene rings is 3. The molecule has 0 heterocycles. The Kier molecular flexibility index (Phi) is 6.01. The standard InChI is InChI=1S/C23H22Br2S/c1-15-5-8-17(24)13-20(15)21-14-18(25)9-12-22(21)26-19-10-6-16(7-11-19)23(2,3)4/h5-14H,1-4H3/p+1. The van der Waals surface area contributed by atoms with Crippen molar-refractivity contribution in [3.63, 3.8) is 0 Å². The lowest BCUT2D eigenvalue weighted by Gasteiger charge is -2.18. The van der Waals surface area contributed by atoms with E-state index in [2.05, 4.69) is 120 Å². The van der Waals surface area contributed by atoms with Crippen LogP contribution in [-0.4, -0.2) is 0 Å². The molecule has 0 radical (unpaired) electrons. The van der Waals surface area contributed by atoms with Gasteiger partial charge in [0, 0.05) is 26.3 Å². The Hall–Kier alpha value is -1.03. The molecule has 0 saturated carbocycles. The molecule has 0 aliphatic carbocycles. The van der Waals surface area contributed by atoms with Gasteiger partial charge in [-0.05, 0) is 71.5 Å². The van der Waals surface area contributed by atoms with Gasteiger partial charge in [0.15, 0.2) is 9.79 Å². The van der Waals surface area contributed by atoms with Gasteiger partial charge in [-0.25, -0.2) is 0 Å². The van der Waals surface area contributed by atoms with Gasteiger partial charge in [0.05, 0.1) is 0 Å². The van der Waals surface area contributed by atoms with Crippen LogP contribution >= 0.6 is 31.9 Å². The molecule has 0 aromatic heterocycles.